The predicted octanol–water partition coefficient (Wildman–Crippen LogP) is 3.16. The summed E-state index contributed by atoms with van der Waals surface area (Å²) in [5.41, 5.74) is 6.79. The molecular weight excluding hydrogens is 306 g/mol. The monoisotopic (exact) mass is 335 g/mol. The Bertz CT molecular complexity index is 588. The quantitative estimate of drug-likeness (QED) is 0.830. The van der Waals surface area contributed by atoms with E-state index in [0.717, 1.165) is 37.4 Å². The minimum Gasteiger partial charge on any atom is -0.495 e. The van der Waals surface area contributed by atoms with Crippen LogP contribution in [0.3, 0.4) is 0 Å². The molecule has 1 aromatic rings. The largest absolute Gasteiger partial charge is 0.495 e. The number of nitrogens with one attached hydrogen (secondary N) is 1. The van der Waals surface area contributed by atoms with E-state index in [-0.39, 0.29) is 11.6 Å². The molecule has 0 unspecified atom stereocenters. The summed E-state index contributed by atoms with van der Waals surface area (Å²) in [6, 6.07) is 5.70. The van der Waals surface area contributed by atoms with E-state index in [2.05, 4.69) is 17.1 Å². The van der Waals surface area contributed by atoms with Crippen LogP contribution in [0.5, 0.6) is 5.75 Å². The highest BCUT2D eigenvalue weighted by atomic mass is 16.6. The summed E-state index contributed by atoms with van der Waals surface area (Å²) < 4.78 is 10.8. The Morgan fingerprint density at radius 2 is 1.92 bits per heavy atom. The Balaban J connectivity index is 1.99. The van der Waals surface area contributed by atoms with E-state index in [1.165, 1.54) is 0 Å². The molecule has 24 heavy (non-hydrogen) atoms. The van der Waals surface area contributed by atoms with E-state index >= 15 is 0 Å². The van der Waals surface area contributed by atoms with Crippen molar-refractivity contribution in [2.45, 2.75) is 51.7 Å². The average Bonchev–Trinajstić information content (AvgIpc) is 2.45. The molecule has 1 saturated heterocycles. The van der Waals surface area contributed by atoms with Crippen LogP contribution in [-0.4, -0.2) is 37.4 Å². The lowest BCUT2D eigenvalue weighted by Crippen LogP contribution is -2.54. The van der Waals surface area contributed by atoms with Gasteiger partial charge in [0.2, 0.25) is 0 Å². The molecule has 0 saturated carbocycles. The normalized spacial score (nSPS) is 17.3. The number of rotatable bonds is 3. The summed E-state index contributed by atoms with van der Waals surface area (Å²) in [7, 11) is 1.65. The van der Waals surface area contributed by atoms with Gasteiger partial charge in [-0.05, 0) is 52.7 Å². The fourth-order valence-corrected chi connectivity index (χ4v) is 2.87. The van der Waals surface area contributed by atoms with Crippen LogP contribution in [0.1, 0.15) is 40.5 Å². The standard InChI is InChI=1S/C18H29N3O3/c1-17(2,3)24-16(22)20-18(4)8-10-21(11-9-18)14-7-6-13(19)12-15(14)23-5/h6-7,12H,8-11,19H2,1-5H3,(H,20,22). The molecule has 134 valence electrons. The maximum Gasteiger partial charge on any atom is 0.408 e. The molecule has 0 aliphatic carbocycles. The summed E-state index contributed by atoms with van der Waals surface area (Å²) in [4.78, 5) is 14.3. The fraction of sp³-hybridized carbons (Fsp3) is 0.611. The van der Waals surface area contributed by atoms with E-state index in [1.54, 1.807) is 7.11 Å². The molecule has 1 fully saturated rings. The summed E-state index contributed by atoms with van der Waals surface area (Å²) in [6.45, 7) is 9.31. The zero-order chi connectivity index (χ0) is 18.0. The van der Waals surface area contributed by atoms with Crippen LogP contribution in [0.4, 0.5) is 16.2 Å². The molecule has 0 atom stereocenters. The van der Waals surface area contributed by atoms with Gasteiger partial charge in [0.1, 0.15) is 11.4 Å². The molecule has 6 heteroatoms. The number of nitrogen functional groups attached to an aromatic ring is 1. The third kappa shape index (κ3) is 4.69. The first-order valence-corrected chi connectivity index (χ1v) is 8.31. The average molecular weight is 335 g/mol. The zero-order valence-electron chi connectivity index (χ0n) is 15.3. The van der Waals surface area contributed by atoms with Gasteiger partial charge in [-0.2, -0.15) is 0 Å². The third-order valence-corrected chi connectivity index (χ3v) is 4.21. The van der Waals surface area contributed by atoms with E-state index in [1.807, 2.05) is 39.0 Å². The van der Waals surface area contributed by atoms with Crippen LogP contribution in [0, 0.1) is 0 Å². The lowest BCUT2D eigenvalue weighted by atomic mass is 9.89. The van der Waals surface area contributed by atoms with Gasteiger partial charge in [0, 0.05) is 30.4 Å². The highest BCUT2D eigenvalue weighted by Crippen LogP contribution is 2.34. The number of nitrogens with two attached hydrogens (primary N) is 1. The first-order chi connectivity index (χ1) is 11.1. The summed E-state index contributed by atoms with van der Waals surface area (Å²) >= 11 is 0. The molecule has 1 aliphatic rings. The van der Waals surface area contributed by atoms with Crippen molar-refractivity contribution in [3.8, 4) is 5.75 Å². The smallest absolute Gasteiger partial charge is 0.408 e. The number of hydrogen-bond acceptors (Lipinski definition) is 5. The molecule has 3 N–H and O–H groups in total. The molecule has 1 heterocycles. The first kappa shape index (κ1) is 18.2. The van der Waals surface area contributed by atoms with Gasteiger partial charge >= 0.3 is 6.09 Å². The number of anilines is 2. The highest BCUT2D eigenvalue weighted by Gasteiger charge is 2.33. The topological polar surface area (TPSA) is 76.8 Å². The number of nitrogens with zero attached hydrogens (tertiary/aromatic N) is 1. The number of carbonyl (C=O) groups excluding carboxylic acids is 1. The lowest BCUT2D eigenvalue weighted by molar-refractivity contribution is 0.0448. The van der Waals surface area contributed by atoms with Crippen molar-refractivity contribution >= 4 is 17.5 Å². The van der Waals surface area contributed by atoms with Gasteiger partial charge in [-0.15, -0.1) is 0 Å². The second-order valence-electron chi connectivity index (χ2n) is 7.61. The summed E-state index contributed by atoms with van der Waals surface area (Å²) in [6.07, 6.45) is 1.31. The Kier molecular flexibility index (Phi) is 5.16. The molecule has 0 aromatic heterocycles. The SMILES string of the molecule is COc1cc(N)ccc1N1CCC(C)(NC(=O)OC(C)(C)C)CC1. The Morgan fingerprint density at radius 3 is 2.46 bits per heavy atom. The zero-order valence-corrected chi connectivity index (χ0v) is 15.3. The number of carbonyl (C=O) groups is 1. The lowest BCUT2D eigenvalue weighted by Gasteiger charge is -2.41. The highest BCUT2D eigenvalue weighted by molar-refractivity contribution is 5.69. The van der Waals surface area contributed by atoms with Gasteiger partial charge in [0.15, 0.2) is 0 Å². The van der Waals surface area contributed by atoms with Crippen molar-refractivity contribution in [1.29, 1.82) is 0 Å². The van der Waals surface area contributed by atoms with Crippen molar-refractivity contribution in [3.63, 3.8) is 0 Å². The number of alkyl carbamates (subject to hydrolysis) is 1. The van der Waals surface area contributed by atoms with Crippen molar-refractivity contribution in [2.24, 2.45) is 0 Å². The second kappa shape index (κ2) is 6.79. The van der Waals surface area contributed by atoms with Gasteiger partial charge < -0.3 is 25.4 Å². The molecule has 1 aliphatic heterocycles. The molecule has 0 radical (unpaired) electrons. The van der Waals surface area contributed by atoms with Crippen LogP contribution < -0.4 is 20.7 Å². The summed E-state index contributed by atoms with van der Waals surface area (Å²) in [5, 5.41) is 3.02. The fourth-order valence-electron chi connectivity index (χ4n) is 2.87. The maximum absolute atomic E-state index is 12.0. The van der Waals surface area contributed by atoms with E-state index < -0.39 is 5.60 Å². The van der Waals surface area contributed by atoms with Gasteiger partial charge in [-0.1, -0.05) is 0 Å². The number of methoxy groups -OCH3 is 1. The maximum atomic E-state index is 12.0. The Morgan fingerprint density at radius 1 is 1.29 bits per heavy atom. The van der Waals surface area contributed by atoms with Crippen LogP contribution in [0.15, 0.2) is 18.2 Å². The van der Waals surface area contributed by atoms with E-state index in [4.69, 9.17) is 15.2 Å². The molecule has 1 aromatic carbocycles. The van der Waals surface area contributed by atoms with Gasteiger partial charge in [0.25, 0.3) is 0 Å². The minimum atomic E-state index is -0.488. The minimum absolute atomic E-state index is 0.264. The number of hydrogen-bond donors (Lipinski definition) is 2. The van der Waals surface area contributed by atoms with E-state index in [9.17, 15) is 4.79 Å². The van der Waals surface area contributed by atoms with Crippen molar-refractivity contribution < 1.29 is 14.3 Å². The number of amides is 1. The van der Waals surface area contributed by atoms with Crippen molar-refractivity contribution in [2.75, 3.05) is 30.8 Å². The molecule has 0 spiro atoms. The second-order valence-corrected chi connectivity index (χ2v) is 7.61. The van der Waals surface area contributed by atoms with Gasteiger partial charge in [-0.3, -0.25) is 0 Å². The van der Waals surface area contributed by atoms with Crippen molar-refractivity contribution in [1.82, 2.24) is 5.32 Å². The van der Waals surface area contributed by atoms with Crippen LogP contribution in [0.25, 0.3) is 0 Å². The molecule has 2 rings (SSSR count). The molecular formula is C18H29N3O3. The van der Waals surface area contributed by atoms with E-state index in [0.29, 0.717) is 5.69 Å². The third-order valence-electron chi connectivity index (χ3n) is 4.21. The van der Waals surface area contributed by atoms with Crippen LogP contribution >= 0.6 is 0 Å². The number of benzene rings is 1. The summed E-state index contributed by atoms with van der Waals surface area (Å²) in [5.74, 6) is 0.777. The molecule has 1 amide bonds. The van der Waals surface area contributed by atoms with Crippen LogP contribution in [0.2, 0.25) is 0 Å². The van der Waals surface area contributed by atoms with Crippen LogP contribution in [-0.2, 0) is 4.74 Å². The molecule has 6 nitrogen and oxygen atoms in total. The number of piperidine rings is 1. The Hall–Kier alpha value is -2.11. The molecule has 0 bridgehead atoms. The van der Waals surface area contributed by atoms with Gasteiger partial charge in [-0.25, -0.2) is 4.79 Å². The Labute approximate surface area is 144 Å². The number of ether oxygens (including phenoxy) is 2. The predicted molar refractivity (Wildman–Crippen MR) is 96.6 cm³/mol. The first-order valence-electron chi connectivity index (χ1n) is 8.31. The van der Waals surface area contributed by atoms with Crippen molar-refractivity contribution in [3.05, 3.63) is 18.2 Å². The van der Waals surface area contributed by atoms with Gasteiger partial charge in [0.05, 0.1) is 12.8 Å².